The highest BCUT2D eigenvalue weighted by Gasteiger charge is 2.22. The van der Waals surface area contributed by atoms with Gasteiger partial charge < -0.3 is 5.73 Å². The summed E-state index contributed by atoms with van der Waals surface area (Å²) in [6.07, 6.45) is -2.90. The molecule has 2 N–H and O–H groups in total. The first kappa shape index (κ1) is 12.8. The Labute approximate surface area is 102 Å². The molecule has 0 aliphatic rings. The summed E-state index contributed by atoms with van der Waals surface area (Å²) in [6, 6.07) is 0.733. The van der Waals surface area contributed by atoms with Crippen LogP contribution in [0.3, 0.4) is 0 Å². The molecule has 0 saturated carbocycles. The molecule has 0 fully saturated rings. The van der Waals surface area contributed by atoms with Crippen LogP contribution in [0.25, 0.3) is 0 Å². The van der Waals surface area contributed by atoms with Gasteiger partial charge in [0.05, 0.1) is 5.56 Å². The van der Waals surface area contributed by atoms with Crippen LogP contribution in [0, 0.1) is 3.70 Å². The lowest BCUT2D eigenvalue weighted by Gasteiger charge is -2.06. The first-order chi connectivity index (χ1) is 6.73. The molecule has 1 aromatic rings. The molecule has 1 heterocycles. The van der Waals surface area contributed by atoms with E-state index >= 15 is 0 Å². The van der Waals surface area contributed by atoms with Gasteiger partial charge >= 0.3 is 0 Å². The van der Waals surface area contributed by atoms with Crippen molar-refractivity contribution in [3.8, 4) is 0 Å². The monoisotopic (exact) mass is 368 g/mol. The van der Waals surface area contributed by atoms with Gasteiger partial charge in [-0.05, 0) is 28.7 Å². The summed E-state index contributed by atoms with van der Waals surface area (Å²) in [6.45, 7) is 0. The van der Waals surface area contributed by atoms with Gasteiger partial charge in [-0.1, -0.05) is 0 Å². The van der Waals surface area contributed by atoms with Crippen LogP contribution in [0.4, 0.5) is 14.6 Å². The van der Waals surface area contributed by atoms with Crippen LogP contribution in [-0.2, 0) is 9.05 Å². The van der Waals surface area contributed by atoms with Gasteiger partial charge in [0.25, 0.3) is 15.5 Å². The van der Waals surface area contributed by atoms with E-state index in [0.29, 0.717) is 0 Å². The fraction of sp³-hybridized carbons (Fsp3) is 0.167. The summed E-state index contributed by atoms with van der Waals surface area (Å²) in [5.74, 6) is -0.404. The fourth-order valence-corrected chi connectivity index (χ4v) is 3.39. The second-order valence-electron chi connectivity index (χ2n) is 2.49. The maximum Gasteiger partial charge on any atom is 0.267 e. The van der Waals surface area contributed by atoms with Crippen LogP contribution in [0.15, 0.2) is 11.0 Å². The molecule has 0 amide bonds. The predicted octanol–water partition coefficient (Wildman–Crippen LogP) is 2.13. The van der Waals surface area contributed by atoms with E-state index in [1.54, 1.807) is 22.6 Å². The number of pyridine rings is 1. The number of halogens is 4. The average Bonchev–Trinajstić information content (AvgIpc) is 2.00. The molecular formula is C6H4ClF2IN2O2S. The van der Waals surface area contributed by atoms with E-state index < -0.39 is 31.8 Å². The van der Waals surface area contributed by atoms with E-state index in [4.69, 9.17) is 16.4 Å². The summed E-state index contributed by atoms with van der Waals surface area (Å²) < 4.78 is 46.6. The van der Waals surface area contributed by atoms with Gasteiger partial charge in [0.1, 0.15) is 14.4 Å². The number of hydrogen-bond acceptors (Lipinski definition) is 4. The molecule has 15 heavy (non-hydrogen) atoms. The molecular weight excluding hydrogens is 364 g/mol. The van der Waals surface area contributed by atoms with E-state index in [0.717, 1.165) is 6.07 Å². The summed E-state index contributed by atoms with van der Waals surface area (Å²) in [7, 11) is 0.942. The first-order valence-corrected chi connectivity index (χ1v) is 6.81. The molecule has 1 rings (SSSR count). The lowest BCUT2D eigenvalue weighted by Crippen LogP contribution is -2.05. The minimum absolute atomic E-state index is 0.0375. The normalized spacial score (nSPS) is 12.1. The van der Waals surface area contributed by atoms with Gasteiger partial charge in [0.2, 0.25) is 0 Å². The van der Waals surface area contributed by atoms with Crippen LogP contribution < -0.4 is 5.73 Å². The zero-order valence-corrected chi connectivity index (χ0v) is 10.6. The minimum atomic E-state index is -4.09. The molecule has 84 valence electrons. The van der Waals surface area contributed by atoms with Crippen molar-refractivity contribution in [1.29, 1.82) is 0 Å². The molecule has 0 unspecified atom stereocenters. The topological polar surface area (TPSA) is 73.0 Å². The molecule has 0 aliphatic carbocycles. The van der Waals surface area contributed by atoms with E-state index in [-0.39, 0.29) is 3.70 Å². The van der Waals surface area contributed by atoms with E-state index in [1.807, 2.05) is 0 Å². The van der Waals surface area contributed by atoms with Crippen molar-refractivity contribution in [2.45, 2.75) is 11.3 Å². The second-order valence-corrected chi connectivity index (χ2v) is 6.05. The zero-order chi connectivity index (χ0) is 11.8. The molecule has 0 spiro atoms. The highest BCUT2D eigenvalue weighted by molar-refractivity contribution is 14.1. The Bertz CT molecular complexity index is 494. The van der Waals surface area contributed by atoms with E-state index in [2.05, 4.69) is 4.98 Å². The Morgan fingerprint density at radius 3 is 2.47 bits per heavy atom. The molecule has 1 aromatic heterocycles. The summed E-state index contributed by atoms with van der Waals surface area (Å²) in [5, 5.41) is 0. The largest absolute Gasteiger partial charge is 0.383 e. The molecule has 9 heteroatoms. The molecule has 4 nitrogen and oxygen atoms in total. The Hall–Kier alpha value is -0.220. The zero-order valence-electron chi connectivity index (χ0n) is 6.92. The Kier molecular flexibility index (Phi) is 3.71. The van der Waals surface area contributed by atoms with Crippen LogP contribution in [0.2, 0.25) is 0 Å². The highest BCUT2D eigenvalue weighted by atomic mass is 127. The number of aromatic nitrogens is 1. The number of rotatable bonds is 2. The van der Waals surface area contributed by atoms with Crippen molar-refractivity contribution >= 4 is 48.1 Å². The number of nitrogen functional groups attached to an aromatic ring is 1. The van der Waals surface area contributed by atoms with E-state index in [1.165, 1.54) is 0 Å². The number of nitrogens with two attached hydrogens (primary N) is 1. The van der Waals surface area contributed by atoms with Crippen molar-refractivity contribution in [3.63, 3.8) is 0 Å². The third-order valence-electron chi connectivity index (χ3n) is 1.50. The van der Waals surface area contributed by atoms with Gasteiger partial charge in [0.15, 0.2) is 0 Å². The summed E-state index contributed by atoms with van der Waals surface area (Å²) in [5.41, 5.74) is 4.56. The summed E-state index contributed by atoms with van der Waals surface area (Å²) in [4.78, 5) is 3.02. The van der Waals surface area contributed by atoms with Crippen molar-refractivity contribution in [1.82, 2.24) is 4.98 Å². The highest BCUT2D eigenvalue weighted by Crippen LogP contribution is 2.29. The van der Waals surface area contributed by atoms with Crippen LogP contribution in [0.1, 0.15) is 12.0 Å². The fourth-order valence-electron chi connectivity index (χ4n) is 0.846. The number of alkyl halides is 2. The lowest BCUT2D eigenvalue weighted by atomic mass is 10.3. The standard InChI is InChI=1S/C6H4ClF2IN2O2S/c7-15(13,14)3-1-2(4(8)9)6(11)12-5(3)10/h1,4H,(H2,11,12). The van der Waals surface area contributed by atoms with Crippen molar-refractivity contribution in [2.75, 3.05) is 5.73 Å². The van der Waals surface area contributed by atoms with Crippen molar-refractivity contribution < 1.29 is 17.2 Å². The molecule has 0 bridgehead atoms. The quantitative estimate of drug-likeness (QED) is 0.493. The van der Waals surface area contributed by atoms with Crippen LogP contribution >= 0.6 is 33.3 Å². The first-order valence-electron chi connectivity index (χ1n) is 3.42. The number of hydrogen-bond donors (Lipinski definition) is 1. The van der Waals surface area contributed by atoms with Crippen LogP contribution in [0.5, 0.6) is 0 Å². The van der Waals surface area contributed by atoms with Gasteiger partial charge in [-0.25, -0.2) is 22.2 Å². The minimum Gasteiger partial charge on any atom is -0.383 e. The van der Waals surface area contributed by atoms with Crippen molar-refractivity contribution in [2.24, 2.45) is 0 Å². The number of anilines is 1. The predicted molar refractivity (Wildman–Crippen MR) is 59.4 cm³/mol. The van der Waals surface area contributed by atoms with E-state index in [9.17, 15) is 17.2 Å². The smallest absolute Gasteiger partial charge is 0.267 e. The third-order valence-corrected chi connectivity index (χ3v) is 4.03. The van der Waals surface area contributed by atoms with Gasteiger partial charge in [-0.15, -0.1) is 0 Å². The maximum atomic E-state index is 12.4. The maximum absolute atomic E-state index is 12.4. The average molecular weight is 369 g/mol. The Balaban J connectivity index is 3.50. The second kappa shape index (κ2) is 4.34. The molecule has 0 saturated heterocycles. The molecule has 0 aliphatic heterocycles. The SMILES string of the molecule is Nc1nc(I)c(S(=O)(=O)Cl)cc1C(F)F. The molecule has 0 aromatic carbocycles. The van der Waals surface area contributed by atoms with Crippen LogP contribution in [-0.4, -0.2) is 13.4 Å². The Morgan fingerprint density at radius 1 is 1.53 bits per heavy atom. The Morgan fingerprint density at radius 2 is 2.07 bits per heavy atom. The van der Waals surface area contributed by atoms with Gasteiger partial charge in [-0.3, -0.25) is 0 Å². The number of nitrogens with zero attached hydrogens (tertiary/aromatic N) is 1. The third kappa shape index (κ3) is 2.88. The lowest BCUT2D eigenvalue weighted by molar-refractivity contribution is 0.151. The summed E-state index contributed by atoms with van der Waals surface area (Å²) >= 11 is 1.55. The molecule has 0 radical (unpaired) electrons. The molecule has 0 atom stereocenters. The van der Waals surface area contributed by atoms with Gasteiger partial charge in [-0.2, -0.15) is 0 Å². The van der Waals surface area contributed by atoms with Gasteiger partial charge in [0, 0.05) is 10.7 Å². The van der Waals surface area contributed by atoms with Crippen molar-refractivity contribution in [3.05, 3.63) is 15.3 Å².